The summed E-state index contributed by atoms with van der Waals surface area (Å²) < 4.78 is 16.0. The van der Waals surface area contributed by atoms with E-state index in [2.05, 4.69) is 4.98 Å². The van der Waals surface area contributed by atoms with Crippen LogP contribution in [0.15, 0.2) is 41.8 Å². The van der Waals surface area contributed by atoms with E-state index >= 15 is 0 Å². The number of esters is 1. The number of phenols is 1. The number of phenolic OH excluding ortho intramolecular Hbond substituents is 1. The maximum absolute atomic E-state index is 11.8. The highest BCUT2D eigenvalue weighted by atomic mass is 32.1. The Kier molecular flexibility index (Phi) is 6.16. The van der Waals surface area contributed by atoms with E-state index in [-0.39, 0.29) is 11.3 Å². The Labute approximate surface area is 167 Å². The van der Waals surface area contributed by atoms with E-state index in [0.717, 1.165) is 21.8 Å². The molecule has 0 fully saturated rings. The Hall–Kier alpha value is -3.06. The highest BCUT2D eigenvalue weighted by molar-refractivity contribution is 7.13. The van der Waals surface area contributed by atoms with Crippen molar-refractivity contribution in [3.05, 3.63) is 47.3 Å². The van der Waals surface area contributed by atoms with Crippen LogP contribution in [0.3, 0.4) is 0 Å². The van der Waals surface area contributed by atoms with E-state index in [1.165, 1.54) is 24.5 Å². The first-order chi connectivity index (χ1) is 13.6. The Morgan fingerprint density at radius 1 is 1.04 bits per heavy atom. The van der Waals surface area contributed by atoms with Gasteiger partial charge in [0.25, 0.3) is 0 Å². The molecule has 0 bridgehead atoms. The molecule has 1 aromatic heterocycles. The molecule has 0 aliphatic carbocycles. The zero-order valence-electron chi connectivity index (χ0n) is 15.9. The van der Waals surface area contributed by atoms with Gasteiger partial charge in [0.1, 0.15) is 16.3 Å². The number of thiazole rings is 1. The standard InChI is InChI=1S/C21H21NO5S/c1-4-26-18-9-7-13(11-19(18)27-5-2)16-12-28-20(22-16)14-6-8-17(23)15(10-14)21(24)25-3/h6-12,23H,4-5H2,1-3H3. The van der Waals surface area contributed by atoms with Crippen LogP contribution in [0.2, 0.25) is 0 Å². The highest BCUT2D eigenvalue weighted by Crippen LogP contribution is 2.35. The summed E-state index contributed by atoms with van der Waals surface area (Å²) >= 11 is 1.45. The van der Waals surface area contributed by atoms with Gasteiger partial charge in [-0.3, -0.25) is 0 Å². The molecular weight excluding hydrogens is 378 g/mol. The fraction of sp³-hybridized carbons (Fsp3) is 0.238. The van der Waals surface area contributed by atoms with Crippen molar-refractivity contribution in [3.8, 4) is 39.1 Å². The number of nitrogens with zero attached hydrogens (tertiary/aromatic N) is 1. The summed E-state index contributed by atoms with van der Waals surface area (Å²) in [6.07, 6.45) is 0. The molecule has 0 saturated heterocycles. The topological polar surface area (TPSA) is 77.9 Å². The Morgan fingerprint density at radius 3 is 2.46 bits per heavy atom. The van der Waals surface area contributed by atoms with Gasteiger partial charge >= 0.3 is 5.97 Å². The fourth-order valence-corrected chi connectivity index (χ4v) is 3.52. The number of rotatable bonds is 7. The van der Waals surface area contributed by atoms with Crippen LogP contribution < -0.4 is 9.47 Å². The first-order valence-electron chi connectivity index (χ1n) is 8.84. The van der Waals surface area contributed by atoms with Crippen molar-refractivity contribution < 1.29 is 24.1 Å². The number of hydrogen-bond acceptors (Lipinski definition) is 7. The SMILES string of the molecule is CCOc1ccc(-c2csc(-c3ccc(O)c(C(=O)OC)c3)n2)cc1OCC. The van der Waals surface area contributed by atoms with Crippen LogP contribution in [0.25, 0.3) is 21.8 Å². The van der Waals surface area contributed by atoms with Gasteiger partial charge in [-0.2, -0.15) is 0 Å². The number of hydrogen-bond donors (Lipinski definition) is 1. The molecule has 3 rings (SSSR count). The number of aromatic hydroxyl groups is 1. The van der Waals surface area contributed by atoms with Crippen molar-refractivity contribution in [2.75, 3.05) is 20.3 Å². The number of methoxy groups -OCH3 is 1. The van der Waals surface area contributed by atoms with E-state index in [1.807, 2.05) is 37.4 Å². The average molecular weight is 399 g/mol. The Bertz CT molecular complexity index is 983. The van der Waals surface area contributed by atoms with Crippen LogP contribution >= 0.6 is 11.3 Å². The molecule has 0 saturated carbocycles. The average Bonchev–Trinajstić information content (AvgIpc) is 3.19. The smallest absolute Gasteiger partial charge is 0.341 e. The summed E-state index contributed by atoms with van der Waals surface area (Å²) in [7, 11) is 1.28. The first-order valence-corrected chi connectivity index (χ1v) is 9.72. The van der Waals surface area contributed by atoms with Gasteiger partial charge in [0.15, 0.2) is 11.5 Å². The van der Waals surface area contributed by atoms with Crippen LogP contribution in [0.4, 0.5) is 0 Å². The monoisotopic (exact) mass is 399 g/mol. The van der Waals surface area contributed by atoms with Crippen LogP contribution in [0, 0.1) is 0 Å². The van der Waals surface area contributed by atoms with E-state index in [4.69, 9.17) is 14.2 Å². The lowest BCUT2D eigenvalue weighted by molar-refractivity contribution is 0.0597. The third kappa shape index (κ3) is 4.09. The zero-order chi connectivity index (χ0) is 20.1. The van der Waals surface area contributed by atoms with Crippen LogP contribution in [-0.2, 0) is 4.74 Å². The summed E-state index contributed by atoms with van der Waals surface area (Å²) in [5, 5.41) is 12.5. The summed E-state index contributed by atoms with van der Waals surface area (Å²) in [6, 6.07) is 10.5. The van der Waals surface area contributed by atoms with Crippen molar-refractivity contribution in [3.63, 3.8) is 0 Å². The van der Waals surface area contributed by atoms with Crippen molar-refractivity contribution in [1.82, 2.24) is 4.98 Å². The molecule has 2 aromatic carbocycles. The molecule has 3 aromatic rings. The van der Waals surface area contributed by atoms with Gasteiger partial charge in [0.2, 0.25) is 0 Å². The molecule has 1 N–H and O–H groups in total. The van der Waals surface area contributed by atoms with Crippen LogP contribution in [-0.4, -0.2) is 36.4 Å². The number of carbonyl (C=O) groups is 1. The second-order valence-corrected chi connectivity index (χ2v) is 6.65. The summed E-state index contributed by atoms with van der Waals surface area (Å²) in [5.41, 5.74) is 2.53. The minimum absolute atomic E-state index is 0.108. The van der Waals surface area contributed by atoms with Gasteiger partial charge in [-0.15, -0.1) is 11.3 Å². The lowest BCUT2D eigenvalue weighted by Crippen LogP contribution is -2.01. The van der Waals surface area contributed by atoms with Crippen LogP contribution in [0.1, 0.15) is 24.2 Å². The number of carbonyl (C=O) groups excluding carboxylic acids is 1. The molecule has 0 radical (unpaired) electrons. The predicted octanol–water partition coefficient (Wildman–Crippen LogP) is 4.77. The fourth-order valence-electron chi connectivity index (χ4n) is 2.69. The maximum Gasteiger partial charge on any atom is 0.341 e. The lowest BCUT2D eigenvalue weighted by Gasteiger charge is -2.11. The molecule has 0 atom stereocenters. The molecule has 1 heterocycles. The summed E-state index contributed by atoms with van der Waals surface area (Å²) in [6.45, 7) is 4.95. The van der Waals surface area contributed by atoms with Crippen molar-refractivity contribution in [1.29, 1.82) is 0 Å². The Balaban J connectivity index is 1.94. The van der Waals surface area contributed by atoms with E-state index < -0.39 is 5.97 Å². The lowest BCUT2D eigenvalue weighted by atomic mass is 10.1. The van der Waals surface area contributed by atoms with Gasteiger partial charge in [0.05, 0.1) is 26.0 Å². The van der Waals surface area contributed by atoms with Gasteiger partial charge in [-0.1, -0.05) is 0 Å². The van der Waals surface area contributed by atoms with Gasteiger partial charge in [0, 0.05) is 16.5 Å². The molecule has 0 spiro atoms. The molecule has 146 valence electrons. The Morgan fingerprint density at radius 2 is 1.75 bits per heavy atom. The van der Waals surface area contributed by atoms with Crippen molar-refractivity contribution in [2.24, 2.45) is 0 Å². The quantitative estimate of drug-likeness (QED) is 0.577. The predicted molar refractivity (Wildman–Crippen MR) is 108 cm³/mol. The summed E-state index contributed by atoms with van der Waals surface area (Å²) in [5.74, 6) is 0.656. The van der Waals surface area contributed by atoms with Gasteiger partial charge in [-0.05, 0) is 50.2 Å². The highest BCUT2D eigenvalue weighted by Gasteiger charge is 2.15. The molecule has 0 unspecified atom stereocenters. The minimum atomic E-state index is -0.594. The first kappa shape index (κ1) is 19.7. The molecular formula is C21H21NO5S. The largest absolute Gasteiger partial charge is 0.507 e. The third-order valence-electron chi connectivity index (χ3n) is 3.99. The molecule has 28 heavy (non-hydrogen) atoms. The van der Waals surface area contributed by atoms with Gasteiger partial charge in [-0.25, -0.2) is 9.78 Å². The molecule has 0 aliphatic heterocycles. The molecule has 6 nitrogen and oxygen atoms in total. The normalized spacial score (nSPS) is 10.5. The van der Waals surface area contributed by atoms with E-state index in [1.54, 1.807) is 12.1 Å². The number of benzene rings is 2. The molecule has 0 amide bonds. The minimum Gasteiger partial charge on any atom is -0.507 e. The van der Waals surface area contributed by atoms with Crippen molar-refractivity contribution in [2.45, 2.75) is 13.8 Å². The third-order valence-corrected chi connectivity index (χ3v) is 4.88. The maximum atomic E-state index is 11.8. The molecule has 0 aliphatic rings. The van der Waals surface area contributed by atoms with Crippen LogP contribution in [0.5, 0.6) is 17.2 Å². The van der Waals surface area contributed by atoms with Crippen molar-refractivity contribution >= 4 is 17.3 Å². The zero-order valence-corrected chi connectivity index (χ0v) is 16.7. The summed E-state index contributed by atoms with van der Waals surface area (Å²) in [4.78, 5) is 16.5. The number of aromatic nitrogens is 1. The second kappa shape index (κ2) is 8.75. The second-order valence-electron chi connectivity index (χ2n) is 5.79. The van der Waals surface area contributed by atoms with Gasteiger partial charge < -0.3 is 19.3 Å². The van der Waals surface area contributed by atoms with E-state index in [9.17, 15) is 9.90 Å². The molecule has 7 heteroatoms. The number of ether oxygens (including phenoxy) is 3. The van der Waals surface area contributed by atoms with E-state index in [0.29, 0.717) is 24.7 Å².